The number of imide groups is 2. The molecule has 0 saturated carbocycles. The van der Waals surface area contributed by atoms with Crippen LogP contribution in [-0.4, -0.2) is 35.4 Å². The van der Waals surface area contributed by atoms with Crippen LogP contribution >= 0.6 is 11.6 Å². The summed E-state index contributed by atoms with van der Waals surface area (Å²) in [6.07, 6.45) is 2.84. The average molecular weight is 499 g/mol. The van der Waals surface area contributed by atoms with Gasteiger partial charge in [-0.05, 0) is 36.6 Å². The van der Waals surface area contributed by atoms with Crippen LogP contribution in [0.15, 0.2) is 42.5 Å². The molecule has 1 saturated heterocycles. The molecule has 2 aromatic carbocycles. The summed E-state index contributed by atoms with van der Waals surface area (Å²) in [5.41, 5.74) is -0.289. The van der Waals surface area contributed by atoms with Crippen LogP contribution < -0.4 is 15.1 Å². The van der Waals surface area contributed by atoms with E-state index in [2.05, 4.69) is 5.32 Å². The molecule has 1 fully saturated rings. The van der Waals surface area contributed by atoms with E-state index >= 15 is 0 Å². The Morgan fingerprint density at radius 1 is 1.11 bits per heavy atom. The van der Waals surface area contributed by atoms with E-state index in [1.807, 2.05) is 18.7 Å². The first-order valence-corrected chi connectivity index (χ1v) is 12.1. The van der Waals surface area contributed by atoms with Crippen LogP contribution in [0.2, 0.25) is 5.02 Å². The predicted octanol–water partition coefficient (Wildman–Crippen LogP) is 4.85. The highest BCUT2D eigenvalue weighted by atomic mass is 35.5. The van der Waals surface area contributed by atoms with Gasteiger partial charge in [-0.3, -0.25) is 25.0 Å². The number of benzene rings is 2. The molecule has 2 unspecified atom stereocenters. The molecule has 2 aliphatic rings. The molecule has 2 aromatic rings. The second-order valence-electron chi connectivity index (χ2n) is 8.92. The number of nitro benzene ring substituents is 1. The maximum atomic E-state index is 14.2. The summed E-state index contributed by atoms with van der Waals surface area (Å²) in [7, 11) is 0. The topological polar surface area (TPSA) is 113 Å². The standard InChI is InChI=1S/C25H27ClN4O5/c1-3-5-13-28-19-12-11-17(30(34)35)14-16(19)15-25(21(28)8-4-2)22(31)27-24(33)29(23(25)32)20-10-7-6-9-18(20)26/h6-7,9-12,14,21H,3-5,8,13,15H2,1-2H3,(H,27,31,33). The molecule has 1 spiro atoms. The number of urea groups is 1. The maximum Gasteiger partial charge on any atom is 0.335 e. The molecule has 0 aromatic heterocycles. The first-order chi connectivity index (χ1) is 16.8. The highest BCUT2D eigenvalue weighted by molar-refractivity contribution is 6.37. The smallest absolute Gasteiger partial charge is 0.335 e. The fraction of sp³-hybridized carbons (Fsp3) is 0.400. The second-order valence-corrected chi connectivity index (χ2v) is 9.33. The summed E-state index contributed by atoms with van der Waals surface area (Å²) >= 11 is 6.34. The van der Waals surface area contributed by atoms with E-state index in [4.69, 9.17) is 11.6 Å². The van der Waals surface area contributed by atoms with Gasteiger partial charge in [-0.2, -0.15) is 0 Å². The minimum Gasteiger partial charge on any atom is -0.367 e. The molecule has 4 rings (SSSR count). The van der Waals surface area contributed by atoms with E-state index in [-0.39, 0.29) is 22.8 Å². The number of fused-ring (bicyclic) bond motifs is 1. The van der Waals surface area contributed by atoms with Gasteiger partial charge in [-0.15, -0.1) is 0 Å². The van der Waals surface area contributed by atoms with Crippen LogP contribution in [0.25, 0.3) is 0 Å². The molecule has 35 heavy (non-hydrogen) atoms. The summed E-state index contributed by atoms with van der Waals surface area (Å²) in [6.45, 7) is 4.58. The monoisotopic (exact) mass is 498 g/mol. The number of nitrogens with zero attached hydrogens (tertiary/aromatic N) is 3. The Bertz CT molecular complexity index is 1200. The van der Waals surface area contributed by atoms with E-state index in [1.165, 1.54) is 12.1 Å². The minimum atomic E-state index is -1.65. The van der Waals surface area contributed by atoms with Crippen molar-refractivity contribution in [2.45, 2.75) is 52.0 Å². The lowest BCUT2D eigenvalue weighted by Gasteiger charge is -2.52. The number of nitrogens with one attached hydrogen (secondary N) is 1. The summed E-state index contributed by atoms with van der Waals surface area (Å²) in [4.78, 5) is 54.7. The Kier molecular flexibility index (Phi) is 6.80. The molecule has 10 heteroatoms. The van der Waals surface area contributed by atoms with Gasteiger partial charge >= 0.3 is 6.03 Å². The average Bonchev–Trinajstić information content (AvgIpc) is 2.83. The lowest BCUT2D eigenvalue weighted by molar-refractivity contribution is -0.384. The molecule has 184 valence electrons. The van der Waals surface area contributed by atoms with E-state index < -0.39 is 34.2 Å². The largest absolute Gasteiger partial charge is 0.367 e. The maximum absolute atomic E-state index is 14.2. The molecule has 0 radical (unpaired) electrons. The van der Waals surface area contributed by atoms with Crippen LogP contribution in [0.5, 0.6) is 0 Å². The van der Waals surface area contributed by atoms with Crippen molar-refractivity contribution in [3.63, 3.8) is 0 Å². The van der Waals surface area contributed by atoms with Crippen molar-refractivity contribution in [1.82, 2.24) is 5.32 Å². The quantitative estimate of drug-likeness (QED) is 0.331. The van der Waals surface area contributed by atoms with Gasteiger partial charge in [0.1, 0.15) is 0 Å². The summed E-state index contributed by atoms with van der Waals surface area (Å²) < 4.78 is 0. The number of carbonyl (C=O) groups excluding carboxylic acids is 3. The normalized spacial score (nSPS) is 21.8. The number of rotatable bonds is 7. The van der Waals surface area contributed by atoms with E-state index in [0.717, 1.165) is 23.4 Å². The number of anilines is 2. The van der Waals surface area contributed by atoms with Gasteiger partial charge in [0.2, 0.25) is 5.91 Å². The van der Waals surface area contributed by atoms with Crippen molar-refractivity contribution >= 4 is 46.5 Å². The van der Waals surface area contributed by atoms with E-state index in [0.29, 0.717) is 24.9 Å². The lowest BCUT2D eigenvalue weighted by Crippen LogP contribution is -2.72. The van der Waals surface area contributed by atoms with Crippen LogP contribution in [0.1, 0.15) is 45.1 Å². The van der Waals surface area contributed by atoms with Crippen molar-refractivity contribution in [3.8, 4) is 0 Å². The van der Waals surface area contributed by atoms with Gasteiger partial charge < -0.3 is 4.90 Å². The summed E-state index contributed by atoms with van der Waals surface area (Å²) in [6, 6.07) is 9.61. The van der Waals surface area contributed by atoms with Crippen LogP contribution in [-0.2, 0) is 16.0 Å². The number of hydrogen-bond acceptors (Lipinski definition) is 6. The third-order valence-electron chi connectivity index (χ3n) is 6.82. The lowest BCUT2D eigenvalue weighted by atomic mass is 9.67. The third kappa shape index (κ3) is 4.03. The number of halogens is 1. The van der Waals surface area contributed by atoms with Gasteiger partial charge in [0.05, 0.1) is 21.7 Å². The molecule has 1 N–H and O–H groups in total. The Morgan fingerprint density at radius 2 is 1.86 bits per heavy atom. The molecule has 0 bridgehead atoms. The van der Waals surface area contributed by atoms with Crippen LogP contribution in [0, 0.1) is 15.5 Å². The number of barbiturate groups is 1. The van der Waals surface area contributed by atoms with Crippen molar-refractivity contribution < 1.29 is 19.3 Å². The van der Waals surface area contributed by atoms with Crippen molar-refractivity contribution in [3.05, 3.63) is 63.2 Å². The molecule has 2 atom stereocenters. The SMILES string of the molecule is CCCCN1c2ccc([N+](=O)[O-])cc2CC2(C(=O)NC(=O)N(c3ccccc3Cl)C2=O)C1CCC. The van der Waals surface area contributed by atoms with Gasteiger partial charge in [0.15, 0.2) is 5.41 Å². The molecular formula is C25H27ClN4O5. The van der Waals surface area contributed by atoms with E-state index in [9.17, 15) is 24.5 Å². The number of hydrogen-bond donors (Lipinski definition) is 1. The number of unbranched alkanes of at least 4 members (excludes halogenated alkanes) is 1. The zero-order valence-electron chi connectivity index (χ0n) is 19.6. The van der Waals surface area contributed by atoms with Gasteiger partial charge in [0, 0.05) is 30.8 Å². The fourth-order valence-electron chi connectivity index (χ4n) is 5.19. The summed E-state index contributed by atoms with van der Waals surface area (Å²) in [5.74, 6) is -1.36. The van der Waals surface area contributed by atoms with Crippen molar-refractivity contribution in [2.75, 3.05) is 16.3 Å². The van der Waals surface area contributed by atoms with Crippen LogP contribution in [0.4, 0.5) is 21.9 Å². The Labute approximate surface area is 208 Å². The first kappa shape index (κ1) is 24.7. The second kappa shape index (κ2) is 9.65. The van der Waals surface area contributed by atoms with Gasteiger partial charge in [-0.25, -0.2) is 9.69 Å². The van der Waals surface area contributed by atoms with Crippen LogP contribution in [0.3, 0.4) is 0 Å². The predicted molar refractivity (Wildman–Crippen MR) is 133 cm³/mol. The first-order valence-electron chi connectivity index (χ1n) is 11.7. The molecule has 0 aliphatic carbocycles. The third-order valence-corrected chi connectivity index (χ3v) is 7.14. The van der Waals surface area contributed by atoms with Gasteiger partial charge in [-0.1, -0.05) is 50.4 Å². The van der Waals surface area contributed by atoms with Crippen molar-refractivity contribution in [1.29, 1.82) is 0 Å². The Balaban J connectivity index is 1.93. The highest BCUT2D eigenvalue weighted by Gasteiger charge is 2.62. The number of nitro groups is 1. The molecule has 4 amide bonds. The fourth-order valence-corrected chi connectivity index (χ4v) is 5.42. The zero-order valence-corrected chi connectivity index (χ0v) is 20.4. The molecular weight excluding hydrogens is 472 g/mol. The minimum absolute atomic E-state index is 0.0593. The zero-order chi connectivity index (χ0) is 25.3. The number of non-ortho nitro benzene ring substituents is 1. The highest BCUT2D eigenvalue weighted by Crippen LogP contribution is 2.48. The number of amides is 4. The number of para-hydroxylation sites is 1. The molecule has 2 heterocycles. The Morgan fingerprint density at radius 3 is 2.51 bits per heavy atom. The molecule has 2 aliphatic heterocycles. The Hall–Kier alpha value is -3.46. The number of carbonyl (C=O) groups is 3. The van der Waals surface area contributed by atoms with Gasteiger partial charge in [0.25, 0.3) is 11.6 Å². The summed E-state index contributed by atoms with van der Waals surface area (Å²) in [5, 5.41) is 14.1. The van der Waals surface area contributed by atoms with Crippen molar-refractivity contribution in [2.24, 2.45) is 5.41 Å². The molecule has 9 nitrogen and oxygen atoms in total. The van der Waals surface area contributed by atoms with E-state index in [1.54, 1.807) is 30.3 Å².